The van der Waals surface area contributed by atoms with Crippen molar-refractivity contribution in [2.75, 3.05) is 5.73 Å². The van der Waals surface area contributed by atoms with Crippen molar-refractivity contribution < 1.29 is 9.53 Å². The molecule has 0 amide bonds. The van der Waals surface area contributed by atoms with Gasteiger partial charge < -0.3 is 10.5 Å². The fraction of sp³-hybridized carbons (Fsp3) is 0.462. The summed E-state index contributed by atoms with van der Waals surface area (Å²) in [4.78, 5) is 12.2. The minimum atomic E-state index is -0.530. The molecule has 0 atom stereocenters. The normalized spacial score (nSPS) is 10.9. The summed E-state index contributed by atoms with van der Waals surface area (Å²) in [5.41, 5.74) is 8.54. The SMILES string of the molecule is CCc1nn(C)c(C(=O)OCc2c(Cl)c(C)nn2C)c1N. The number of hydrogen-bond donors (Lipinski definition) is 1. The molecule has 0 aliphatic rings. The Labute approximate surface area is 127 Å². The molecule has 0 aromatic carbocycles. The number of aromatic nitrogens is 4. The summed E-state index contributed by atoms with van der Waals surface area (Å²) >= 11 is 6.12. The molecule has 0 saturated carbocycles. The first-order valence-electron chi connectivity index (χ1n) is 6.53. The van der Waals surface area contributed by atoms with Crippen LogP contribution in [0.3, 0.4) is 0 Å². The molecule has 21 heavy (non-hydrogen) atoms. The van der Waals surface area contributed by atoms with Crippen LogP contribution in [0.2, 0.25) is 5.02 Å². The predicted octanol–water partition coefficient (Wildman–Crippen LogP) is 1.62. The summed E-state index contributed by atoms with van der Waals surface area (Å²) < 4.78 is 8.31. The molecule has 0 radical (unpaired) electrons. The van der Waals surface area contributed by atoms with E-state index in [1.165, 1.54) is 4.68 Å². The first-order chi connectivity index (χ1) is 9.86. The van der Waals surface area contributed by atoms with Gasteiger partial charge >= 0.3 is 5.97 Å². The first kappa shape index (κ1) is 15.4. The van der Waals surface area contributed by atoms with Crippen molar-refractivity contribution in [3.8, 4) is 0 Å². The number of carbonyl (C=O) groups is 1. The van der Waals surface area contributed by atoms with Crippen LogP contribution in [0.4, 0.5) is 5.69 Å². The Morgan fingerprint density at radius 2 is 2.00 bits per heavy atom. The molecular formula is C13H18ClN5O2. The van der Waals surface area contributed by atoms with E-state index in [0.717, 1.165) is 0 Å². The standard InChI is InChI=1S/C13H18ClN5O2/c1-5-8-11(15)12(19(4)17-8)13(20)21-6-9-10(14)7(2)16-18(9)3/h5-6,15H2,1-4H3. The van der Waals surface area contributed by atoms with E-state index in [9.17, 15) is 4.79 Å². The van der Waals surface area contributed by atoms with E-state index in [1.54, 1.807) is 25.7 Å². The van der Waals surface area contributed by atoms with Crippen LogP contribution >= 0.6 is 11.6 Å². The van der Waals surface area contributed by atoms with Crippen molar-refractivity contribution in [3.05, 3.63) is 27.8 Å². The van der Waals surface area contributed by atoms with E-state index in [0.29, 0.717) is 34.2 Å². The molecule has 8 heteroatoms. The number of esters is 1. The van der Waals surface area contributed by atoms with E-state index in [-0.39, 0.29) is 12.3 Å². The Bertz CT molecular complexity index is 689. The number of hydrogen-bond acceptors (Lipinski definition) is 5. The highest BCUT2D eigenvalue weighted by molar-refractivity contribution is 6.31. The average molecular weight is 312 g/mol. The van der Waals surface area contributed by atoms with Gasteiger partial charge in [0, 0.05) is 14.1 Å². The fourth-order valence-electron chi connectivity index (χ4n) is 2.14. The second-order valence-electron chi connectivity index (χ2n) is 4.73. The molecule has 0 fully saturated rings. The van der Waals surface area contributed by atoms with E-state index < -0.39 is 5.97 Å². The van der Waals surface area contributed by atoms with Gasteiger partial charge in [0.15, 0.2) is 5.69 Å². The molecule has 0 spiro atoms. The van der Waals surface area contributed by atoms with Crippen LogP contribution in [0.5, 0.6) is 0 Å². The maximum absolute atomic E-state index is 12.2. The number of halogens is 1. The van der Waals surface area contributed by atoms with E-state index >= 15 is 0 Å². The summed E-state index contributed by atoms with van der Waals surface area (Å²) in [5, 5.41) is 8.85. The lowest BCUT2D eigenvalue weighted by Gasteiger charge is -2.06. The molecule has 114 valence electrons. The van der Waals surface area contributed by atoms with Crippen LogP contribution in [-0.4, -0.2) is 25.5 Å². The molecule has 0 unspecified atom stereocenters. The van der Waals surface area contributed by atoms with Gasteiger partial charge in [-0.15, -0.1) is 0 Å². The number of ether oxygens (including phenoxy) is 1. The minimum Gasteiger partial charge on any atom is -0.454 e. The zero-order valence-corrected chi connectivity index (χ0v) is 13.2. The number of nitrogens with zero attached hydrogens (tertiary/aromatic N) is 4. The van der Waals surface area contributed by atoms with E-state index in [2.05, 4.69) is 10.2 Å². The molecule has 2 N–H and O–H groups in total. The fourth-order valence-corrected chi connectivity index (χ4v) is 2.35. The quantitative estimate of drug-likeness (QED) is 0.867. The zero-order chi connectivity index (χ0) is 15.7. The highest BCUT2D eigenvalue weighted by atomic mass is 35.5. The van der Waals surface area contributed by atoms with Crippen LogP contribution in [0.25, 0.3) is 0 Å². The molecule has 2 aromatic heterocycles. The third-order valence-electron chi connectivity index (χ3n) is 3.29. The van der Waals surface area contributed by atoms with Crippen molar-refractivity contribution in [1.29, 1.82) is 0 Å². The molecule has 0 bridgehead atoms. The molecule has 0 saturated heterocycles. The van der Waals surface area contributed by atoms with Crippen LogP contribution in [0, 0.1) is 6.92 Å². The van der Waals surface area contributed by atoms with Crippen molar-refractivity contribution in [1.82, 2.24) is 19.6 Å². The maximum Gasteiger partial charge on any atom is 0.359 e. The predicted molar refractivity (Wildman–Crippen MR) is 79.1 cm³/mol. The second kappa shape index (κ2) is 5.77. The van der Waals surface area contributed by atoms with Gasteiger partial charge in [-0.1, -0.05) is 18.5 Å². The minimum absolute atomic E-state index is 0.0289. The summed E-state index contributed by atoms with van der Waals surface area (Å²) in [6.07, 6.45) is 0.652. The summed E-state index contributed by atoms with van der Waals surface area (Å²) in [6, 6.07) is 0. The van der Waals surface area contributed by atoms with Crippen LogP contribution in [-0.2, 0) is 31.9 Å². The Kier molecular flexibility index (Phi) is 4.22. The number of carbonyl (C=O) groups excluding carboxylic acids is 1. The highest BCUT2D eigenvalue weighted by Gasteiger charge is 2.21. The first-order valence-corrected chi connectivity index (χ1v) is 6.91. The summed E-state index contributed by atoms with van der Waals surface area (Å²) in [6.45, 7) is 3.74. The highest BCUT2D eigenvalue weighted by Crippen LogP contribution is 2.22. The van der Waals surface area contributed by atoms with Gasteiger partial charge in [0.1, 0.15) is 6.61 Å². The van der Waals surface area contributed by atoms with Crippen LogP contribution in [0.15, 0.2) is 0 Å². The van der Waals surface area contributed by atoms with Gasteiger partial charge in [0.2, 0.25) is 0 Å². The number of rotatable bonds is 4. The van der Waals surface area contributed by atoms with Gasteiger partial charge in [-0.25, -0.2) is 4.79 Å². The van der Waals surface area contributed by atoms with E-state index in [1.807, 2.05) is 6.92 Å². The number of nitrogen functional groups attached to an aromatic ring is 1. The molecule has 0 aliphatic carbocycles. The number of aryl methyl sites for hydroxylation is 4. The van der Waals surface area contributed by atoms with Crippen LogP contribution in [0.1, 0.15) is 34.5 Å². The van der Waals surface area contributed by atoms with Crippen molar-refractivity contribution in [3.63, 3.8) is 0 Å². The topological polar surface area (TPSA) is 88.0 Å². The monoisotopic (exact) mass is 311 g/mol. The lowest BCUT2D eigenvalue weighted by Crippen LogP contribution is -2.14. The van der Waals surface area contributed by atoms with Gasteiger partial charge in [-0.3, -0.25) is 9.36 Å². The van der Waals surface area contributed by atoms with Gasteiger partial charge in [-0.2, -0.15) is 10.2 Å². The molecule has 2 heterocycles. The number of nitrogens with two attached hydrogens (primary N) is 1. The second-order valence-corrected chi connectivity index (χ2v) is 5.11. The average Bonchev–Trinajstić information content (AvgIpc) is 2.84. The molecule has 2 aromatic rings. The van der Waals surface area contributed by atoms with Crippen molar-refractivity contribution in [2.45, 2.75) is 26.9 Å². The lowest BCUT2D eigenvalue weighted by atomic mass is 10.2. The smallest absolute Gasteiger partial charge is 0.359 e. The lowest BCUT2D eigenvalue weighted by molar-refractivity contribution is 0.0452. The third kappa shape index (κ3) is 2.73. The molecule has 0 aliphatic heterocycles. The Morgan fingerprint density at radius 1 is 1.33 bits per heavy atom. The van der Waals surface area contributed by atoms with Gasteiger partial charge in [0.25, 0.3) is 0 Å². The largest absolute Gasteiger partial charge is 0.454 e. The third-order valence-corrected chi connectivity index (χ3v) is 3.78. The summed E-state index contributed by atoms with van der Waals surface area (Å²) in [7, 11) is 3.41. The Hall–Kier alpha value is -2.02. The molecular weight excluding hydrogens is 294 g/mol. The van der Waals surface area contributed by atoms with Crippen molar-refractivity contribution in [2.24, 2.45) is 14.1 Å². The Balaban J connectivity index is 2.18. The zero-order valence-electron chi connectivity index (χ0n) is 12.5. The molecule has 2 rings (SSSR count). The Morgan fingerprint density at radius 3 is 2.48 bits per heavy atom. The van der Waals surface area contributed by atoms with Gasteiger partial charge in [0.05, 0.1) is 27.8 Å². The maximum atomic E-state index is 12.2. The molecule has 7 nitrogen and oxygen atoms in total. The van der Waals surface area contributed by atoms with Crippen molar-refractivity contribution >= 4 is 23.3 Å². The van der Waals surface area contributed by atoms with Gasteiger partial charge in [-0.05, 0) is 13.3 Å². The number of anilines is 1. The summed E-state index contributed by atoms with van der Waals surface area (Å²) in [5.74, 6) is -0.530. The van der Waals surface area contributed by atoms with E-state index in [4.69, 9.17) is 22.1 Å². The van der Waals surface area contributed by atoms with Crippen LogP contribution < -0.4 is 5.73 Å².